The van der Waals surface area contributed by atoms with E-state index in [1.165, 1.54) is 25.1 Å². The topological polar surface area (TPSA) is 44.0 Å². The van der Waals surface area contributed by atoms with Crippen molar-refractivity contribution in [3.63, 3.8) is 0 Å². The van der Waals surface area contributed by atoms with Crippen molar-refractivity contribution >= 4 is 12.4 Å². The lowest BCUT2D eigenvalue weighted by atomic mass is 10.2. The quantitative estimate of drug-likeness (QED) is 0.823. The Hall–Kier alpha value is -0.580. The lowest BCUT2D eigenvalue weighted by molar-refractivity contribution is 0.197. The Kier molecular flexibility index (Phi) is 5.80. The summed E-state index contributed by atoms with van der Waals surface area (Å²) in [6.07, 6.45) is 4.31. The van der Waals surface area contributed by atoms with Gasteiger partial charge >= 0.3 is 0 Å². The zero-order valence-electron chi connectivity index (χ0n) is 9.78. The number of nitrogens with one attached hydrogen (secondary N) is 2. The van der Waals surface area contributed by atoms with Crippen molar-refractivity contribution in [1.82, 2.24) is 20.4 Å². The molecule has 5 heteroatoms. The van der Waals surface area contributed by atoms with E-state index >= 15 is 0 Å². The van der Waals surface area contributed by atoms with Crippen LogP contribution in [-0.4, -0.2) is 40.8 Å². The second-order valence-electron chi connectivity index (χ2n) is 4.20. The molecule has 1 unspecified atom stereocenters. The van der Waals surface area contributed by atoms with E-state index < -0.39 is 0 Å². The second-order valence-corrected chi connectivity index (χ2v) is 4.20. The fourth-order valence-corrected chi connectivity index (χ4v) is 2.22. The minimum absolute atomic E-state index is 0. The first-order valence-electron chi connectivity index (χ1n) is 5.83. The summed E-state index contributed by atoms with van der Waals surface area (Å²) in [7, 11) is 0. The van der Waals surface area contributed by atoms with Gasteiger partial charge in [-0.3, -0.25) is 10.00 Å². The number of H-pyrrole nitrogens is 1. The van der Waals surface area contributed by atoms with E-state index in [4.69, 9.17) is 0 Å². The molecule has 1 saturated heterocycles. The third-order valence-electron chi connectivity index (χ3n) is 2.99. The first kappa shape index (κ1) is 13.5. The number of rotatable bonds is 5. The molecule has 1 aromatic heterocycles. The van der Waals surface area contributed by atoms with Crippen LogP contribution in [0.4, 0.5) is 0 Å². The third-order valence-corrected chi connectivity index (χ3v) is 2.99. The average molecular weight is 245 g/mol. The van der Waals surface area contributed by atoms with Crippen molar-refractivity contribution in [2.24, 2.45) is 0 Å². The second kappa shape index (κ2) is 6.89. The molecule has 0 bridgehead atoms. The first-order chi connectivity index (χ1) is 7.40. The minimum Gasteiger partial charge on any atom is -0.315 e. The van der Waals surface area contributed by atoms with Gasteiger partial charge in [0.05, 0.1) is 0 Å². The van der Waals surface area contributed by atoms with Crippen LogP contribution in [0, 0.1) is 0 Å². The highest BCUT2D eigenvalue weighted by atomic mass is 35.5. The normalized spacial score (nSPS) is 20.0. The largest absolute Gasteiger partial charge is 0.315 e. The highest BCUT2D eigenvalue weighted by Gasteiger charge is 2.21. The standard InChI is InChI=1S/C11H20N4.ClH/c1-2-7-15(11-4-5-12-8-11)9-10-3-6-13-14-10;/h3,6,11-12H,2,4-5,7-9H2,1H3,(H,13,14);1H. The molecule has 0 radical (unpaired) electrons. The Morgan fingerprint density at radius 2 is 2.44 bits per heavy atom. The van der Waals surface area contributed by atoms with Crippen LogP contribution in [0.25, 0.3) is 0 Å². The van der Waals surface area contributed by atoms with Gasteiger partial charge in [0.25, 0.3) is 0 Å². The van der Waals surface area contributed by atoms with Crippen LogP contribution in [0.2, 0.25) is 0 Å². The third kappa shape index (κ3) is 3.47. The summed E-state index contributed by atoms with van der Waals surface area (Å²) in [4.78, 5) is 2.55. The smallest absolute Gasteiger partial charge is 0.0492 e. The van der Waals surface area contributed by atoms with E-state index in [1.54, 1.807) is 0 Å². The van der Waals surface area contributed by atoms with Gasteiger partial charge in [-0.2, -0.15) is 5.10 Å². The van der Waals surface area contributed by atoms with Gasteiger partial charge in [0.15, 0.2) is 0 Å². The monoisotopic (exact) mass is 244 g/mol. The average Bonchev–Trinajstić information content (AvgIpc) is 2.89. The molecule has 1 fully saturated rings. The molecule has 1 aliphatic heterocycles. The van der Waals surface area contributed by atoms with E-state index in [1.807, 2.05) is 6.20 Å². The van der Waals surface area contributed by atoms with Crippen molar-refractivity contribution in [2.45, 2.75) is 32.4 Å². The van der Waals surface area contributed by atoms with Crippen LogP contribution >= 0.6 is 12.4 Å². The predicted molar refractivity (Wildman–Crippen MR) is 67.8 cm³/mol. The van der Waals surface area contributed by atoms with Crippen molar-refractivity contribution < 1.29 is 0 Å². The summed E-state index contributed by atoms with van der Waals surface area (Å²) in [5.41, 5.74) is 1.22. The molecule has 0 aliphatic carbocycles. The van der Waals surface area contributed by atoms with Gasteiger partial charge < -0.3 is 5.32 Å². The fraction of sp³-hybridized carbons (Fsp3) is 0.727. The Morgan fingerprint density at radius 3 is 3.00 bits per heavy atom. The van der Waals surface area contributed by atoms with Crippen molar-refractivity contribution in [2.75, 3.05) is 19.6 Å². The molecular weight excluding hydrogens is 224 g/mol. The number of hydrogen-bond donors (Lipinski definition) is 2. The number of aromatic amines is 1. The summed E-state index contributed by atoms with van der Waals surface area (Å²) >= 11 is 0. The maximum atomic E-state index is 3.99. The number of hydrogen-bond acceptors (Lipinski definition) is 3. The summed E-state index contributed by atoms with van der Waals surface area (Å²) in [5, 5.41) is 10.5. The highest BCUT2D eigenvalue weighted by molar-refractivity contribution is 5.85. The van der Waals surface area contributed by atoms with Crippen LogP contribution in [0.3, 0.4) is 0 Å². The zero-order chi connectivity index (χ0) is 10.5. The number of halogens is 1. The van der Waals surface area contributed by atoms with Crippen LogP contribution in [0.1, 0.15) is 25.5 Å². The predicted octanol–water partition coefficient (Wildman–Crippen LogP) is 1.41. The van der Waals surface area contributed by atoms with Crippen LogP contribution < -0.4 is 5.32 Å². The van der Waals surface area contributed by atoms with Gasteiger partial charge in [0.1, 0.15) is 0 Å². The molecule has 4 nitrogen and oxygen atoms in total. The fourth-order valence-electron chi connectivity index (χ4n) is 2.22. The van der Waals surface area contributed by atoms with E-state index in [0.29, 0.717) is 6.04 Å². The summed E-state index contributed by atoms with van der Waals surface area (Å²) in [6, 6.07) is 2.76. The maximum absolute atomic E-state index is 3.99. The van der Waals surface area contributed by atoms with Gasteiger partial charge in [0.2, 0.25) is 0 Å². The number of aromatic nitrogens is 2. The van der Waals surface area contributed by atoms with Gasteiger partial charge in [-0.1, -0.05) is 6.92 Å². The molecule has 0 aromatic carbocycles. The molecule has 2 heterocycles. The summed E-state index contributed by atoms with van der Waals surface area (Å²) in [6.45, 7) is 6.70. The lowest BCUT2D eigenvalue weighted by Crippen LogP contribution is -2.37. The Balaban J connectivity index is 0.00000128. The molecule has 16 heavy (non-hydrogen) atoms. The lowest BCUT2D eigenvalue weighted by Gasteiger charge is -2.27. The highest BCUT2D eigenvalue weighted by Crippen LogP contribution is 2.12. The summed E-state index contributed by atoms with van der Waals surface area (Å²) in [5.74, 6) is 0. The molecule has 1 atom stereocenters. The molecule has 0 amide bonds. The van der Waals surface area contributed by atoms with Crippen LogP contribution in [0.5, 0.6) is 0 Å². The molecule has 0 spiro atoms. The minimum atomic E-state index is 0. The zero-order valence-corrected chi connectivity index (χ0v) is 10.6. The van der Waals surface area contributed by atoms with Gasteiger partial charge in [0, 0.05) is 31.0 Å². The Morgan fingerprint density at radius 1 is 1.56 bits per heavy atom. The van der Waals surface area contributed by atoms with E-state index in [0.717, 1.165) is 19.6 Å². The van der Waals surface area contributed by atoms with E-state index in [2.05, 4.69) is 33.4 Å². The number of nitrogens with zero attached hydrogens (tertiary/aromatic N) is 2. The molecule has 0 saturated carbocycles. The molecule has 92 valence electrons. The van der Waals surface area contributed by atoms with Crippen molar-refractivity contribution in [1.29, 1.82) is 0 Å². The van der Waals surface area contributed by atoms with Gasteiger partial charge in [-0.25, -0.2) is 0 Å². The molecule has 1 aromatic rings. The molecule has 2 N–H and O–H groups in total. The Labute approximate surface area is 103 Å². The Bertz CT molecular complexity index is 270. The van der Waals surface area contributed by atoms with Gasteiger partial charge in [-0.05, 0) is 32.0 Å². The van der Waals surface area contributed by atoms with E-state index in [9.17, 15) is 0 Å². The first-order valence-corrected chi connectivity index (χ1v) is 5.83. The maximum Gasteiger partial charge on any atom is 0.0492 e. The van der Waals surface area contributed by atoms with Crippen molar-refractivity contribution in [3.8, 4) is 0 Å². The van der Waals surface area contributed by atoms with Crippen LogP contribution in [-0.2, 0) is 6.54 Å². The summed E-state index contributed by atoms with van der Waals surface area (Å²) < 4.78 is 0. The van der Waals surface area contributed by atoms with Crippen LogP contribution in [0.15, 0.2) is 12.3 Å². The molecular formula is C11H21ClN4. The SMILES string of the molecule is CCCN(Cc1ccn[nH]1)C1CCNC1.Cl. The molecule has 2 rings (SSSR count). The van der Waals surface area contributed by atoms with Crippen molar-refractivity contribution in [3.05, 3.63) is 18.0 Å². The van der Waals surface area contributed by atoms with Gasteiger partial charge in [-0.15, -0.1) is 12.4 Å². The van der Waals surface area contributed by atoms with E-state index in [-0.39, 0.29) is 12.4 Å². The molecule has 1 aliphatic rings.